The summed E-state index contributed by atoms with van der Waals surface area (Å²) < 4.78 is 9.62. The number of nitrogens with zero attached hydrogens (tertiary/aromatic N) is 1. The molecular weight excluding hydrogens is 226 g/mol. The molecule has 0 radical (unpaired) electrons. The lowest BCUT2D eigenvalue weighted by Crippen LogP contribution is -2.13. The number of rotatable bonds is 4. The van der Waals surface area contributed by atoms with E-state index < -0.39 is 12.4 Å². The van der Waals surface area contributed by atoms with Crippen molar-refractivity contribution in [3.05, 3.63) is 35.9 Å². The zero-order valence-electron chi connectivity index (χ0n) is 8.75. The van der Waals surface area contributed by atoms with Crippen LogP contribution in [0.4, 0.5) is 4.79 Å². The summed E-state index contributed by atoms with van der Waals surface area (Å²) in [5.41, 5.74) is 0.894. The van der Waals surface area contributed by atoms with E-state index in [1.807, 2.05) is 30.3 Å². The van der Waals surface area contributed by atoms with Crippen LogP contribution in [-0.4, -0.2) is 17.5 Å². The summed E-state index contributed by atoms with van der Waals surface area (Å²) in [6, 6.07) is 9.32. The lowest BCUT2D eigenvalue weighted by atomic mass is 10.2. The highest BCUT2D eigenvalue weighted by Crippen LogP contribution is 2.02. The fourth-order valence-electron chi connectivity index (χ4n) is 0.990. The third-order valence-corrected chi connectivity index (χ3v) is 1.81. The van der Waals surface area contributed by atoms with Crippen LogP contribution < -0.4 is 0 Å². The first-order valence-electron chi connectivity index (χ1n) is 4.66. The van der Waals surface area contributed by atoms with Crippen LogP contribution in [0, 0.1) is 0 Å². The molecule has 0 aliphatic heterocycles. The molecule has 0 spiro atoms. The van der Waals surface area contributed by atoms with Crippen LogP contribution in [0.5, 0.6) is 0 Å². The highest BCUT2D eigenvalue weighted by atomic mass is 32.1. The zero-order valence-corrected chi connectivity index (χ0v) is 9.57. The molecule has 5 heteroatoms. The van der Waals surface area contributed by atoms with Crippen molar-refractivity contribution in [1.29, 1.82) is 0 Å². The molecule has 1 rings (SSSR count). The number of carbonyl (C=O) groups excluding carboxylic acids is 1. The molecule has 16 heavy (non-hydrogen) atoms. The second kappa shape index (κ2) is 6.71. The third-order valence-electron chi connectivity index (χ3n) is 1.70. The number of aliphatic imine (C=N–C) groups is 1. The lowest BCUT2D eigenvalue weighted by molar-refractivity contribution is 0.0274. The van der Waals surface area contributed by atoms with Crippen molar-refractivity contribution in [1.82, 2.24) is 0 Å². The number of isothiocyanates is 1. The maximum atomic E-state index is 11.1. The van der Waals surface area contributed by atoms with Gasteiger partial charge in [-0.2, -0.15) is 4.99 Å². The molecular formula is C11H11NO3S. The average molecular weight is 237 g/mol. The molecule has 0 N–H and O–H groups in total. The van der Waals surface area contributed by atoms with Crippen LogP contribution in [0.3, 0.4) is 0 Å². The van der Waals surface area contributed by atoms with E-state index >= 15 is 0 Å². The third kappa shape index (κ3) is 4.68. The Bertz CT molecular complexity index is 387. The van der Waals surface area contributed by atoms with Gasteiger partial charge in [-0.3, -0.25) is 0 Å². The van der Waals surface area contributed by atoms with Crippen molar-refractivity contribution in [3.8, 4) is 0 Å². The SMILES string of the molecule is CC(N=C=S)OC(=O)OCc1ccccc1. The monoisotopic (exact) mass is 237 g/mol. The first kappa shape index (κ1) is 12.4. The number of benzene rings is 1. The molecule has 0 amide bonds. The van der Waals surface area contributed by atoms with E-state index in [1.54, 1.807) is 6.92 Å². The Morgan fingerprint density at radius 3 is 2.81 bits per heavy atom. The van der Waals surface area contributed by atoms with E-state index in [0.29, 0.717) is 0 Å². The highest BCUT2D eigenvalue weighted by molar-refractivity contribution is 7.78. The molecule has 1 aromatic rings. The van der Waals surface area contributed by atoms with E-state index in [-0.39, 0.29) is 6.61 Å². The molecule has 0 bridgehead atoms. The number of thiocarbonyl (C=S) groups is 1. The van der Waals surface area contributed by atoms with Gasteiger partial charge in [-0.15, -0.1) is 0 Å². The average Bonchev–Trinajstić information content (AvgIpc) is 2.28. The molecule has 1 aromatic carbocycles. The highest BCUT2D eigenvalue weighted by Gasteiger charge is 2.08. The molecule has 0 saturated heterocycles. The van der Waals surface area contributed by atoms with E-state index in [0.717, 1.165) is 5.56 Å². The maximum absolute atomic E-state index is 11.1. The van der Waals surface area contributed by atoms with E-state index in [2.05, 4.69) is 22.4 Å². The van der Waals surface area contributed by atoms with Gasteiger partial charge in [0.15, 0.2) is 0 Å². The van der Waals surface area contributed by atoms with Crippen LogP contribution in [-0.2, 0) is 16.1 Å². The summed E-state index contributed by atoms with van der Waals surface area (Å²) >= 11 is 4.37. The van der Waals surface area contributed by atoms with Gasteiger partial charge in [0.25, 0.3) is 0 Å². The van der Waals surface area contributed by atoms with Gasteiger partial charge in [0.05, 0.1) is 5.16 Å². The Morgan fingerprint density at radius 1 is 1.50 bits per heavy atom. The second-order valence-electron chi connectivity index (χ2n) is 2.96. The molecule has 0 fully saturated rings. The quantitative estimate of drug-likeness (QED) is 0.459. The standard InChI is InChI=1S/C11H11NO3S/c1-9(12-8-16)15-11(13)14-7-10-5-3-2-4-6-10/h2-6,9H,7H2,1H3. The summed E-state index contributed by atoms with van der Waals surface area (Å²) in [5, 5.41) is 2.12. The summed E-state index contributed by atoms with van der Waals surface area (Å²) in [4.78, 5) is 14.7. The Balaban J connectivity index is 2.33. The van der Waals surface area contributed by atoms with Gasteiger partial charge in [-0.25, -0.2) is 4.79 Å². The second-order valence-corrected chi connectivity index (χ2v) is 3.14. The van der Waals surface area contributed by atoms with Crippen molar-refractivity contribution >= 4 is 23.5 Å². The first-order valence-corrected chi connectivity index (χ1v) is 5.07. The lowest BCUT2D eigenvalue weighted by Gasteiger charge is -2.07. The van der Waals surface area contributed by atoms with Gasteiger partial charge >= 0.3 is 6.16 Å². The predicted octanol–water partition coefficient (Wildman–Crippen LogP) is 2.79. The van der Waals surface area contributed by atoms with Crippen LogP contribution in [0.25, 0.3) is 0 Å². The molecule has 4 nitrogen and oxygen atoms in total. The molecule has 0 aliphatic rings. The summed E-state index contributed by atoms with van der Waals surface area (Å²) in [5.74, 6) is 0. The van der Waals surface area contributed by atoms with Crippen molar-refractivity contribution < 1.29 is 14.3 Å². The molecule has 0 heterocycles. The molecule has 84 valence electrons. The molecule has 1 atom stereocenters. The van der Waals surface area contributed by atoms with Crippen LogP contribution in [0.15, 0.2) is 35.3 Å². The Kier molecular flexibility index (Phi) is 5.19. The van der Waals surface area contributed by atoms with E-state index in [1.165, 1.54) is 0 Å². The first-order chi connectivity index (χ1) is 7.72. The van der Waals surface area contributed by atoms with Crippen molar-refractivity contribution in [2.45, 2.75) is 19.8 Å². The molecule has 1 unspecified atom stereocenters. The van der Waals surface area contributed by atoms with Crippen molar-refractivity contribution in [2.75, 3.05) is 0 Å². The minimum Gasteiger partial charge on any atom is -0.429 e. The van der Waals surface area contributed by atoms with Crippen LogP contribution in [0.2, 0.25) is 0 Å². The zero-order chi connectivity index (χ0) is 11.8. The van der Waals surface area contributed by atoms with Gasteiger partial charge in [0, 0.05) is 0 Å². The van der Waals surface area contributed by atoms with Crippen LogP contribution >= 0.6 is 12.2 Å². The van der Waals surface area contributed by atoms with Gasteiger partial charge in [0.2, 0.25) is 6.23 Å². The number of carbonyl (C=O) groups is 1. The summed E-state index contributed by atoms with van der Waals surface area (Å²) in [7, 11) is 0. The van der Waals surface area contributed by atoms with E-state index in [4.69, 9.17) is 9.47 Å². The topological polar surface area (TPSA) is 47.9 Å². The normalized spacial score (nSPS) is 11.1. The van der Waals surface area contributed by atoms with E-state index in [9.17, 15) is 4.79 Å². The van der Waals surface area contributed by atoms with Crippen LogP contribution in [0.1, 0.15) is 12.5 Å². The summed E-state index contributed by atoms with van der Waals surface area (Å²) in [6.45, 7) is 1.75. The fraction of sp³-hybridized carbons (Fsp3) is 0.273. The van der Waals surface area contributed by atoms with Gasteiger partial charge < -0.3 is 9.47 Å². The van der Waals surface area contributed by atoms with Crippen molar-refractivity contribution in [3.63, 3.8) is 0 Å². The number of hydrogen-bond donors (Lipinski definition) is 0. The Labute approximate surface area is 98.9 Å². The largest absolute Gasteiger partial charge is 0.510 e. The Hall–Kier alpha value is -1.71. The van der Waals surface area contributed by atoms with Gasteiger partial charge in [-0.1, -0.05) is 30.3 Å². The molecule has 0 aromatic heterocycles. The van der Waals surface area contributed by atoms with Crippen molar-refractivity contribution in [2.24, 2.45) is 4.99 Å². The maximum Gasteiger partial charge on any atom is 0.510 e. The fourth-order valence-corrected chi connectivity index (χ4v) is 1.14. The molecule has 0 aliphatic carbocycles. The number of ether oxygens (including phenoxy) is 2. The summed E-state index contributed by atoms with van der Waals surface area (Å²) in [6.07, 6.45) is -1.44. The minimum absolute atomic E-state index is 0.174. The van der Waals surface area contributed by atoms with Gasteiger partial charge in [-0.05, 0) is 24.7 Å². The Morgan fingerprint density at radius 2 is 2.19 bits per heavy atom. The number of hydrogen-bond acceptors (Lipinski definition) is 5. The van der Waals surface area contributed by atoms with Gasteiger partial charge in [0.1, 0.15) is 6.61 Å². The molecule has 0 saturated carbocycles. The predicted molar refractivity (Wildman–Crippen MR) is 62.2 cm³/mol. The minimum atomic E-state index is -0.773. The smallest absolute Gasteiger partial charge is 0.429 e.